The summed E-state index contributed by atoms with van der Waals surface area (Å²) in [6.45, 7) is 2.63. The number of aryl methyl sites for hydroxylation is 1. The molecule has 2 aromatic carbocycles. The third kappa shape index (κ3) is 3.98. The molecule has 1 amide bonds. The molecule has 31 heavy (non-hydrogen) atoms. The smallest absolute Gasteiger partial charge is 0.223 e. The SMILES string of the molecule is Cn1cc(C(CC(=O)N2CCC3(CC2)OCCO3)c2ccc(Cl)cc2)c2ccccc21. The number of ether oxygens (including phenoxy) is 2. The van der Waals surface area contributed by atoms with E-state index in [1.165, 1.54) is 16.5 Å². The first-order chi connectivity index (χ1) is 15.0. The summed E-state index contributed by atoms with van der Waals surface area (Å²) in [5, 5.41) is 1.88. The maximum absolute atomic E-state index is 13.4. The Balaban J connectivity index is 1.42. The molecule has 1 spiro atoms. The molecule has 1 aromatic heterocycles. The summed E-state index contributed by atoms with van der Waals surface area (Å²) in [7, 11) is 2.05. The highest BCUT2D eigenvalue weighted by molar-refractivity contribution is 6.30. The first kappa shape index (κ1) is 20.6. The maximum atomic E-state index is 13.4. The average Bonchev–Trinajstić information content (AvgIpc) is 3.38. The molecule has 6 heteroatoms. The number of piperidine rings is 1. The van der Waals surface area contributed by atoms with Crippen LogP contribution in [-0.4, -0.2) is 47.5 Å². The van der Waals surface area contributed by atoms with Crippen LogP contribution >= 0.6 is 11.6 Å². The van der Waals surface area contributed by atoms with Crippen LogP contribution in [0.15, 0.2) is 54.7 Å². The Kier molecular flexibility index (Phi) is 5.51. The van der Waals surface area contributed by atoms with Gasteiger partial charge in [0.05, 0.1) is 13.2 Å². The van der Waals surface area contributed by atoms with Crippen molar-refractivity contribution < 1.29 is 14.3 Å². The third-order valence-electron chi connectivity index (χ3n) is 6.65. The lowest BCUT2D eigenvalue weighted by molar-refractivity contribution is -0.187. The van der Waals surface area contributed by atoms with Crippen LogP contribution in [0.25, 0.3) is 10.9 Å². The molecule has 3 heterocycles. The molecule has 0 N–H and O–H groups in total. The van der Waals surface area contributed by atoms with E-state index in [1.54, 1.807) is 0 Å². The Hall–Kier alpha value is -2.34. The first-order valence-corrected chi connectivity index (χ1v) is 11.3. The predicted octanol–water partition coefficient (Wildman–Crippen LogP) is 4.72. The van der Waals surface area contributed by atoms with Crippen molar-refractivity contribution in [2.24, 2.45) is 7.05 Å². The van der Waals surface area contributed by atoms with E-state index in [0.29, 0.717) is 37.7 Å². The Labute approximate surface area is 187 Å². The number of nitrogens with zero attached hydrogens (tertiary/aromatic N) is 2. The number of halogens is 1. The van der Waals surface area contributed by atoms with E-state index in [1.807, 2.05) is 35.2 Å². The van der Waals surface area contributed by atoms with Crippen molar-refractivity contribution in [3.05, 3.63) is 70.9 Å². The fraction of sp³-hybridized carbons (Fsp3) is 0.400. The zero-order valence-electron chi connectivity index (χ0n) is 17.7. The Morgan fingerprint density at radius 3 is 2.45 bits per heavy atom. The van der Waals surface area contributed by atoms with Gasteiger partial charge in [-0.15, -0.1) is 0 Å². The van der Waals surface area contributed by atoms with Crippen molar-refractivity contribution in [1.82, 2.24) is 9.47 Å². The summed E-state index contributed by atoms with van der Waals surface area (Å²) in [6.07, 6.45) is 4.05. The van der Waals surface area contributed by atoms with Crippen LogP contribution in [0.3, 0.4) is 0 Å². The number of amides is 1. The molecule has 2 fully saturated rings. The molecule has 2 aliphatic rings. The number of rotatable bonds is 4. The van der Waals surface area contributed by atoms with Crippen molar-refractivity contribution in [2.45, 2.75) is 31.0 Å². The second-order valence-corrected chi connectivity index (χ2v) is 8.95. The predicted molar refractivity (Wildman–Crippen MR) is 121 cm³/mol. The molecular weight excluding hydrogens is 412 g/mol. The van der Waals surface area contributed by atoms with Crippen molar-refractivity contribution in [1.29, 1.82) is 0 Å². The largest absolute Gasteiger partial charge is 0.350 e. The van der Waals surface area contributed by atoms with Crippen LogP contribution in [0.5, 0.6) is 0 Å². The highest BCUT2D eigenvalue weighted by Crippen LogP contribution is 2.37. The minimum atomic E-state index is -0.470. The Bertz CT molecular complexity index is 1080. The molecule has 1 unspecified atom stereocenters. The first-order valence-electron chi connectivity index (χ1n) is 10.9. The highest BCUT2D eigenvalue weighted by Gasteiger charge is 2.41. The standard InChI is InChI=1S/C25H27ClN2O3/c1-27-17-22(20-4-2-3-5-23(20)27)21(18-6-8-19(26)9-7-18)16-24(29)28-12-10-25(11-13-28)30-14-15-31-25/h2-9,17,21H,10-16H2,1H3. The number of benzene rings is 2. The van der Waals surface area contributed by atoms with Gasteiger partial charge in [-0.2, -0.15) is 0 Å². The number of hydrogen-bond donors (Lipinski definition) is 0. The minimum absolute atomic E-state index is 0.0364. The number of hydrogen-bond acceptors (Lipinski definition) is 3. The third-order valence-corrected chi connectivity index (χ3v) is 6.90. The summed E-state index contributed by atoms with van der Waals surface area (Å²) >= 11 is 6.15. The van der Waals surface area contributed by atoms with Crippen LogP contribution in [0, 0.1) is 0 Å². The number of fused-ring (bicyclic) bond motifs is 1. The monoisotopic (exact) mass is 438 g/mol. The molecule has 5 rings (SSSR count). The highest BCUT2D eigenvalue weighted by atomic mass is 35.5. The quantitative estimate of drug-likeness (QED) is 0.592. The van der Waals surface area contributed by atoms with Crippen molar-refractivity contribution in [2.75, 3.05) is 26.3 Å². The minimum Gasteiger partial charge on any atom is -0.350 e. The lowest BCUT2D eigenvalue weighted by Crippen LogP contribution is -2.47. The maximum Gasteiger partial charge on any atom is 0.223 e. The van der Waals surface area contributed by atoms with E-state index >= 15 is 0 Å². The molecular formula is C25H27ClN2O3. The van der Waals surface area contributed by atoms with Gasteiger partial charge >= 0.3 is 0 Å². The van der Waals surface area contributed by atoms with E-state index in [0.717, 1.165) is 18.4 Å². The van der Waals surface area contributed by atoms with Crippen LogP contribution < -0.4 is 0 Å². The normalized spacial score (nSPS) is 19.2. The van der Waals surface area contributed by atoms with Gasteiger partial charge < -0.3 is 18.9 Å². The molecule has 2 saturated heterocycles. The average molecular weight is 439 g/mol. The van der Waals surface area contributed by atoms with Crippen LogP contribution in [-0.2, 0) is 21.3 Å². The van der Waals surface area contributed by atoms with Gasteiger partial charge in [0.25, 0.3) is 0 Å². The lowest BCUT2D eigenvalue weighted by atomic mass is 9.87. The van der Waals surface area contributed by atoms with Gasteiger partial charge in [0, 0.05) is 67.4 Å². The van der Waals surface area contributed by atoms with E-state index in [4.69, 9.17) is 21.1 Å². The molecule has 0 aliphatic carbocycles. The molecule has 0 radical (unpaired) electrons. The van der Waals surface area contributed by atoms with Crippen LogP contribution in [0.4, 0.5) is 0 Å². The van der Waals surface area contributed by atoms with E-state index in [-0.39, 0.29) is 11.8 Å². The molecule has 3 aromatic rings. The fourth-order valence-corrected chi connectivity index (χ4v) is 5.07. The molecule has 0 bridgehead atoms. The van der Waals surface area contributed by atoms with E-state index in [2.05, 4.69) is 36.0 Å². The number of aromatic nitrogens is 1. The van der Waals surface area contributed by atoms with Crippen LogP contribution in [0.1, 0.15) is 36.3 Å². The molecule has 2 aliphatic heterocycles. The number of likely N-dealkylation sites (tertiary alicyclic amines) is 1. The van der Waals surface area contributed by atoms with Gasteiger partial charge in [0.15, 0.2) is 5.79 Å². The fourth-order valence-electron chi connectivity index (χ4n) is 4.94. The van der Waals surface area contributed by atoms with Crippen molar-refractivity contribution in [3.63, 3.8) is 0 Å². The second kappa shape index (κ2) is 8.30. The summed E-state index contributed by atoms with van der Waals surface area (Å²) in [5.74, 6) is -0.339. The number of carbonyl (C=O) groups is 1. The summed E-state index contributed by atoms with van der Waals surface area (Å²) < 4.78 is 13.8. The van der Waals surface area contributed by atoms with E-state index < -0.39 is 5.79 Å². The number of carbonyl (C=O) groups excluding carboxylic acids is 1. The van der Waals surface area contributed by atoms with Gasteiger partial charge in [0.1, 0.15) is 0 Å². The van der Waals surface area contributed by atoms with Gasteiger partial charge in [-0.25, -0.2) is 0 Å². The summed E-state index contributed by atoms with van der Waals surface area (Å²) in [4.78, 5) is 15.3. The summed E-state index contributed by atoms with van der Waals surface area (Å²) in [5.41, 5.74) is 3.44. The number of para-hydroxylation sites is 1. The van der Waals surface area contributed by atoms with Crippen molar-refractivity contribution in [3.8, 4) is 0 Å². The lowest BCUT2D eigenvalue weighted by Gasteiger charge is -2.38. The summed E-state index contributed by atoms with van der Waals surface area (Å²) in [6, 6.07) is 16.2. The van der Waals surface area contributed by atoms with Gasteiger partial charge in [-0.3, -0.25) is 4.79 Å². The molecule has 0 saturated carbocycles. The molecule has 162 valence electrons. The van der Waals surface area contributed by atoms with Crippen molar-refractivity contribution >= 4 is 28.4 Å². The van der Waals surface area contributed by atoms with Gasteiger partial charge in [0.2, 0.25) is 5.91 Å². The topological polar surface area (TPSA) is 43.7 Å². The zero-order valence-corrected chi connectivity index (χ0v) is 18.5. The Morgan fingerprint density at radius 1 is 1.06 bits per heavy atom. The molecule has 1 atom stereocenters. The zero-order chi connectivity index (χ0) is 21.4. The van der Waals surface area contributed by atoms with Gasteiger partial charge in [-0.05, 0) is 29.3 Å². The Morgan fingerprint density at radius 2 is 1.74 bits per heavy atom. The van der Waals surface area contributed by atoms with Gasteiger partial charge in [-0.1, -0.05) is 41.9 Å². The molecule has 5 nitrogen and oxygen atoms in total. The van der Waals surface area contributed by atoms with Crippen LogP contribution in [0.2, 0.25) is 5.02 Å². The second-order valence-electron chi connectivity index (χ2n) is 8.51. The van der Waals surface area contributed by atoms with E-state index in [9.17, 15) is 4.79 Å².